The molecule has 0 atom stereocenters. The molecule has 1 aromatic heterocycles. The number of hydrogen-bond acceptors (Lipinski definition) is 2. The van der Waals surface area contributed by atoms with Crippen molar-refractivity contribution in [2.45, 2.75) is 33.1 Å². The smallest absolute Gasteiger partial charge is 0.228 e. The van der Waals surface area contributed by atoms with Crippen LogP contribution in [-0.2, 0) is 24.1 Å². The summed E-state index contributed by atoms with van der Waals surface area (Å²) in [7, 11) is 0. The molecule has 0 spiro atoms. The molecule has 1 heterocycles. The molecule has 25 heavy (non-hydrogen) atoms. The second-order valence-corrected chi connectivity index (χ2v) is 6.01. The molecule has 128 valence electrons. The summed E-state index contributed by atoms with van der Waals surface area (Å²) in [4.78, 5) is 12.5. The number of para-hydroxylation sites is 2. The van der Waals surface area contributed by atoms with E-state index in [1.54, 1.807) is 10.9 Å². The normalized spacial score (nSPS) is 10.6. The first-order valence-corrected chi connectivity index (χ1v) is 8.70. The molecule has 1 N–H and O–H groups in total. The number of aromatic nitrogens is 2. The van der Waals surface area contributed by atoms with Gasteiger partial charge in [-0.15, -0.1) is 0 Å². The minimum absolute atomic E-state index is 0.0109. The molecule has 3 aromatic rings. The van der Waals surface area contributed by atoms with Gasteiger partial charge in [0.05, 0.1) is 18.3 Å². The number of hydrogen-bond donors (Lipinski definition) is 1. The highest BCUT2D eigenvalue weighted by Gasteiger charge is 2.12. The summed E-state index contributed by atoms with van der Waals surface area (Å²) in [6.07, 6.45) is 5.76. The van der Waals surface area contributed by atoms with E-state index < -0.39 is 0 Å². The zero-order valence-corrected chi connectivity index (χ0v) is 14.7. The molecule has 0 fully saturated rings. The summed E-state index contributed by atoms with van der Waals surface area (Å²) in [6, 6.07) is 16.1. The quantitative estimate of drug-likeness (QED) is 0.735. The second-order valence-electron chi connectivity index (χ2n) is 6.01. The van der Waals surface area contributed by atoms with Crippen LogP contribution in [-0.4, -0.2) is 15.7 Å². The van der Waals surface area contributed by atoms with Gasteiger partial charge in [0.25, 0.3) is 0 Å². The number of carbonyl (C=O) groups is 1. The Morgan fingerprint density at radius 3 is 2.32 bits per heavy atom. The van der Waals surface area contributed by atoms with Crippen LogP contribution in [0.15, 0.2) is 60.9 Å². The van der Waals surface area contributed by atoms with Crippen molar-refractivity contribution in [1.29, 1.82) is 0 Å². The minimum atomic E-state index is -0.0109. The predicted molar refractivity (Wildman–Crippen MR) is 101 cm³/mol. The number of benzene rings is 2. The molecule has 0 aliphatic rings. The van der Waals surface area contributed by atoms with Gasteiger partial charge < -0.3 is 5.32 Å². The summed E-state index contributed by atoms with van der Waals surface area (Å²) < 4.78 is 1.79. The summed E-state index contributed by atoms with van der Waals surface area (Å²) in [5, 5.41) is 7.45. The molecular weight excluding hydrogens is 310 g/mol. The van der Waals surface area contributed by atoms with Crippen LogP contribution in [0.1, 0.15) is 30.5 Å². The Bertz CT molecular complexity index is 830. The molecule has 0 radical (unpaired) electrons. The Hall–Kier alpha value is -2.88. The highest BCUT2D eigenvalue weighted by molar-refractivity contribution is 5.93. The number of nitrogens with one attached hydrogen (secondary N) is 1. The lowest BCUT2D eigenvalue weighted by molar-refractivity contribution is -0.115. The van der Waals surface area contributed by atoms with E-state index in [9.17, 15) is 4.79 Å². The molecule has 0 unspecified atom stereocenters. The first-order valence-electron chi connectivity index (χ1n) is 8.70. The molecule has 0 aliphatic carbocycles. The Morgan fingerprint density at radius 2 is 1.68 bits per heavy atom. The topological polar surface area (TPSA) is 46.9 Å². The summed E-state index contributed by atoms with van der Waals surface area (Å²) in [6.45, 7) is 4.21. The van der Waals surface area contributed by atoms with Gasteiger partial charge in [-0.1, -0.05) is 50.2 Å². The van der Waals surface area contributed by atoms with E-state index in [1.165, 1.54) is 11.1 Å². The number of nitrogens with zero attached hydrogens (tertiary/aromatic N) is 2. The van der Waals surface area contributed by atoms with Gasteiger partial charge in [-0.3, -0.25) is 4.79 Å². The summed E-state index contributed by atoms with van der Waals surface area (Å²) in [5.41, 5.74) is 5.19. The van der Waals surface area contributed by atoms with E-state index in [-0.39, 0.29) is 5.91 Å². The maximum Gasteiger partial charge on any atom is 0.228 e. The average Bonchev–Trinajstić information content (AvgIpc) is 3.11. The fraction of sp³-hybridized carbons (Fsp3) is 0.238. The molecule has 4 heteroatoms. The van der Waals surface area contributed by atoms with Gasteiger partial charge in [-0.2, -0.15) is 5.10 Å². The van der Waals surface area contributed by atoms with Gasteiger partial charge in [0.1, 0.15) is 0 Å². The maximum atomic E-state index is 12.5. The number of carbonyl (C=O) groups excluding carboxylic acids is 1. The van der Waals surface area contributed by atoms with Crippen molar-refractivity contribution < 1.29 is 4.79 Å². The SMILES string of the molecule is CCc1cccc(CC)c1NC(=O)Cc1cnn(-c2ccccc2)c1. The van der Waals surface area contributed by atoms with Crippen LogP contribution >= 0.6 is 0 Å². The first-order chi connectivity index (χ1) is 12.2. The molecule has 0 aliphatic heterocycles. The molecule has 0 saturated carbocycles. The fourth-order valence-corrected chi connectivity index (χ4v) is 2.95. The number of aryl methyl sites for hydroxylation is 2. The minimum Gasteiger partial charge on any atom is -0.325 e. The van der Waals surface area contributed by atoms with Crippen molar-refractivity contribution in [2.75, 3.05) is 5.32 Å². The highest BCUT2D eigenvalue weighted by Crippen LogP contribution is 2.23. The lowest BCUT2D eigenvalue weighted by Crippen LogP contribution is -2.16. The van der Waals surface area contributed by atoms with Crippen LogP contribution in [0.2, 0.25) is 0 Å². The van der Waals surface area contributed by atoms with Crippen molar-refractivity contribution in [3.05, 3.63) is 77.6 Å². The van der Waals surface area contributed by atoms with Crippen molar-refractivity contribution in [2.24, 2.45) is 0 Å². The third kappa shape index (κ3) is 3.97. The highest BCUT2D eigenvalue weighted by atomic mass is 16.1. The van der Waals surface area contributed by atoms with Crippen LogP contribution in [0.3, 0.4) is 0 Å². The molecule has 0 bridgehead atoms. The van der Waals surface area contributed by atoms with Gasteiger partial charge in [-0.25, -0.2) is 4.68 Å². The van der Waals surface area contributed by atoms with Crippen molar-refractivity contribution >= 4 is 11.6 Å². The van der Waals surface area contributed by atoms with Crippen molar-refractivity contribution in [1.82, 2.24) is 9.78 Å². The largest absolute Gasteiger partial charge is 0.325 e. The standard InChI is InChI=1S/C21H23N3O/c1-3-17-9-8-10-18(4-2)21(17)23-20(25)13-16-14-22-24(15-16)19-11-6-5-7-12-19/h5-12,14-15H,3-4,13H2,1-2H3,(H,23,25). The third-order valence-corrected chi connectivity index (χ3v) is 4.28. The Kier molecular flexibility index (Phi) is 5.29. The molecule has 2 aromatic carbocycles. The maximum absolute atomic E-state index is 12.5. The Morgan fingerprint density at radius 1 is 1.00 bits per heavy atom. The van der Waals surface area contributed by atoms with Crippen LogP contribution < -0.4 is 5.32 Å². The Labute approximate surface area is 148 Å². The number of rotatable bonds is 6. The number of anilines is 1. The molecule has 1 amide bonds. The zero-order valence-electron chi connectivity index (χ0n) is 14.7. The second kappa shape index (κ2) is 7.79. The van der Waals surface area contributed by atoms with Crippen molar-refractivity contribution in [3.63, 3.8) is 0 Å². The lowest BCUT2D eigenvalue weighted by atomic mass is 10.0. The van der Waals surface area contributed by atoms with E-state index in [0.29, 0.717) is 6.42 Å². The first kappa shape index (κ1) is 17.0. The molecule has 4 nitrogen and oxygen atoms in total. The third-order valence-electron chi connectivity index (χ3n) is 4.28. The van der Waals surface area contributed by atoms with Crippen LogP contribution in [0, 0.1) is 0 Å². The predicted octanol–water partition coefficient (Wildman–Crippen LogP) is 4.18. The van der Waals surface area contributed by atoms with E-state index >= 15 is 0 Å². The van der Waals surface area contributed by atoms with Crippen LogP contribution in [0.5, 0.6) is 0 Å². The van der Waals surface area contributed by atoms with E-state index in [1.807, 2.05) is 36.5 Å². The van der Waals surface area contributed by atoms with Gasteiger partial charge in [-0.05, 0) is 41.7 Å². The van der Waals surface area contributed by atoms with E-state index in [0.717, 1.165) is 29.8 Å². The van der Waals surface area contributed by atoms with E-state index in [2.05, 4.69) is 42.5 Å². The monoisotopic (exact) mass is 333 g/mol. The van der Waals surface area contributed by atoms with E-state index in [4.69, 9.17) is 0 Å². The summed E-state index contributed by atoms with van der Waals surface area (Å²) >= 11 is 0. The summed E-state index contributed by atoms with van der Waals surface area (Å²) in [5.74, 6) is -0.0109. The van der Waals surface area contributed by atoms with Gasteiger partial charge in [0.15, 0.2) is 0 Å². The fourth-order valence-electron chi connectivity index (χ4n) is 2.95. The molecular formula is C21H23N3O. The lowest BCUT2D eigenvalue weighted by Gasteiger charge is -2.14. The van der Waals surface area contributed by atoms with Gasteiger partial charge in [0.2, 0.25) is 5.91 Å². The van der Waals surface area contributed by atoms with Gasteiger partial charge in [0, 0.05) is 11.9 Å². The Balaban J connectivity index is 1.73. The number of amides is 1. The molecule has 0 saturated heterocycles. The van der Waals surface area contributed by atoms with Crippen molar-refractivity contribution in [3.8, 4) is 5.69 Å². The zero-order chi connectivity index (χ0) is 17.6. The molecule has 3 rings (SSSR count). The average molecular weight is 333 g/mol. The van der Waals surface area contributed by atoms with Crippen LogP contribution in [0.4, 0.5) is 5.69 Å². The van der Waals surface area contributed by atoms with Gasteiger partial charge >= 0.3 is 0 Å². The van der Waals surface area contributed by atoms with Crippen LogP contribution in [0.25, 0.3) is 5.69 Å².